The highest BCUT2D eigenvalue weighted by molar-refractivity contribution is 7.99. The summed E-state index contributed by atoms with van der Waals surface area (Å²) in [5, 5.41) is 7.30. The van der Waals surface area contributed by atoms with Crippen LogP contribution in [0.25, 0.3) is 71.3 Å². The molecule has 0 unspecified atom stereocenters. The van der Waals surface area contributed by atoms with E-state index in [1.165, 1.54) is 43.7 Å². The molecule has 3 nitrogen and oxygen atoms in total. The lowest BCUT2D eigenvalue weighted by Gasteiger charge is -2.11. The summed E-state index contributed by atoms with van der Waals surface area (Å²) >= 11 is 1.77. The van der Waals surface area contributed by atoms with Crippen molar-refractivity contribution in [1.29, 1.82) is 0 Å². The standard InChI is InChI=1S/C41H28N2OS/c42-34-21-23-37-40(33-20-16-29(24-38(33)44-37)27-8-2-1-3-9-27)41(34)45-25-26-14-18-30(19-15-26)43-35-13-7-6-12-32(35)39-31-11-5-4-10-28(31)17-22-36(39)43/h1-24H,25,42H2. The number of nitrogen functional groups attached to an aromatic ring is 1. The molecule has 2 N–H and O–H groups in total. The average molecular weight is 597 g/mol. The van der Waals surface area contributed by atoms with Gasteiger partial charge in [0, 0.05) is 43.6 Å². The fourth-order valence-electron chi connectivity index (χ4n) is 6.73. The molecule has 0 bridgehead atoms. The predicted molar refractivity (Wildman–Crippen MR) is 191 cm³/mol. The Kier molecular flexibility index (Phi) is 5.97. The highest BCUT2D eigenvalue weighted by Gasteiger charge is 2.17. The van der Waals surface area contributed by atoms with E-state index in [-0.39, 0.29) is 0 Å². The molecule has 0 spiro atoms. The number of benzene rings is 7. The van der Waals surface area contributed by atoms with Gasteiger partial charge in [-0.25, -0.2) is 0 Å². The Morgan fingerprint density at radius 1 is 0.556 bits per heavy atom. The van der Waals surface area contributed by atoms with Crippen molar-refractivity contribution in [3.8, 4) is 16.8 Å². The number of fused-ring (bicyclic) bond motifs is 8. The van der Waals surface area contributed by atoms with E-state index < -0.39 is 0 Å². The van der Waals surface area contributed by atoms with Crippen molar-refractivity contribution in [2.24, 2.45) is 0 Å². The molecule has 0 saturated heterocycles. The molecule has 0 aliphatic carbocycles. The van der Waals surface area contributed by atoms with E-state index in [1.54, 1.807) is 11.8 Å². The van der Waals surface area contributed by atoms with Gasteiger partial charge in [-0.1, -0.05) is 97.1 Å². The molecule has 0 saturated carbocycles. The predicted octanol–water partition coefficient (Wildman–Crippen LogP) is 11.4. The fourth-order valence-corrected chi connectivity index (χ4v) is 7.83. The molecule has 0 amide bonds. The lowest BCUT2D eigenvalue weighted by Crippen LogP contribution is -1.94. The van der Waals surface area contributed by atoms with Crippen LogP contribution in [0.3, 0.4) is 0 Å². The molecule has 9 aromatic rings. The van der Waals surface area contributed by atoms with Crippen LogP contribution in [0.5, 0.6) is 0 Å². The maximum atomic E-state index is 6.59. The van der Waals surface area contributed by atoms with Gasteiger partial charge in [-0.3, -0.25) is 0 Å². The Bertz CT molecular complexity index is 2540. The summed E-state index contributed by atoms with van der Waals surface area (Å²) in [4.78, 5) is 1.07. The van der Waals surface area contributed by atoms with Gasteiger partial charge < -0.3 is 14.7 Å². The molecule has 0 atom stereocenters. The molecule has 7 aromatic carbocycles. The highest BCUT2D eigenvalue weighted by atomic mass is 32.2. The first-order chi connectivity index (χ1) is 22.2. The molecule has 2 heterocycles. The van der Waals surface area contributed by atoms with Crippen LogP contribution in [0.2, 0.25) is 0 Å². The van der Waals surface area contributed by atoms with Crippen LogP contribution >= 0.6 is 11.8 Å². The third-order valence-electron chi connectivity index (χ3n) is 8.87. The molecule has 0 aliphatic heterocycles. The van der Waals surface area contributed by atoms with E-state index in [0.717, 1.165) is 49.5 Å². The Morgan fingerprint density at radius 3 is 2.20 bits per heavy atom. The first-order valence-electron chi connectivity index (χ1n) is 15.2. The van der Waals surface area contributed by atoms with Crippen molar-refractivity contribution in [2.45, 2.75) is 10.6 Å². The van der Waals surface area contributed by atoms with Crippen molar-refractivity contribution < 1.29 is 4.42 Å². The van der Waals surface area contributed by atoms with E-state index in [9.17, 15) is 0 Å². The van der Waals surface area contributed by atoms with E-state index in [2.05, 4.69) is 132 Å². The largest absolute Gasteiger partial charge is 0.456 e. The summed E-state index contributed by atoms with van der Waals surface area (Å²) in [5.41, 5.74) is 16.2. The maximum Gasteiger partial charge on any atom is 0.136 e. The summed E-state index contributed by atoms with van der Waals surface area (Å²) in [7, 11) is 0. The molecule has 9 rings (SSSR count). The van der Waals surface area contributed by atoms with E-state index in [1.807, 2.05) is 18.2 Å². The van der Waals surface area contributed by atoms with Crippen molar-refractivity contribution in [2.75, 3.05) is 5.73 Å². The normalized spacial score (nSPS) is 11.8. The van der Waals surface area contributed by atoms with Gasteiger partial charge in [0.1, 0.15) is 11.2 Å². The molecule has 0 radical (unpaired) electrons. The Hall–Kier alpha value is -5.45. The van der Waals surface area contributed by atoms with Gasteiger partial charge in [-0.05, 0) is 76.0 Å². The van der Waals surface area contributed by atoms with Crippen molar-refractivity contribution in [1.82, 2.24) is 4.57 Å². The fraction of sp³-hybridized carbons (Fsp3) is 0.0244. The monoisotopic (exact) mass is 596 g/mol. The SMILES string of the molecule is Nc1ccc2oc3cc(-c4ccccc4)ccc3c2c1SCc1ccc(-n2c3ccccc3c3c4ccccc4ccc32)cc1. The van der Waals surface area contributed by atoms with Crippen LogP contribution in [0.15, 0.2) is 155 Å². The summed E-state index contributed by atoms with van der Waals surface area (Å²) in [6, 6.07) is 51.6. The number of rotatable bonds is 5. The van der Waals surface area contributed by atoms with Crippen molar-refractivity contribution >= 4 is 72.0 Å². The zero-order valence-corrected chi connectivity index (χ0v) is 25.2. The number of furan rings is 1. The minimum absolute atomic E-state index is 0.775. The number of hydrogen-bond donors (Lipinski definition) is 1. The van der Waals surface area contributed by atoms with Crippen LogP contribution in [0, 0.1) is 0 Å². The number of para-hydroxylation sites is 1. The topological polar surface area (TPSA) is 44.1 Å². The number of aromatic nitrogens is 1. The third kappa shape index (κ3) is 4.21. The maximum absolute atomic E-state index is 6.59. The number of nitrogens with two attached hydrogens (primary N) is 1. The van der Waals surface area contributed by atoms with E-state index in [4.69, 9.17) is 10.2 Å². The molecule has 2 aromatic heterocycles. The first kappa shape index (κ1) is 26.0. The smallest absolute Gasteiger partial charge is 0.136 e. The summed E-state index contributed by atoms with van der Waals surface area (Å²) in [5.74, 6) is 0.802. The molecule has 4 heteroatoms. The second kappa shape index (κ2) is 10.3. The molecule has 214 valence electrons. The van der Waals surface area contributed by atoms with Crippen LogP contribution in [-0.2, 0) is 5.75 Å². The van der Waals surface area contributed by atoms with Gasteiger partial charge >= 0.3 is 0 Å². The molecule has 0 aliphatic rings. The van der Waals surface area contributed by atoms with Crippen LogP contribution < -0.4 is 5.73 Å². The average Bonchev–Trinajstić information content (AvgIpc) is 3.64. The lowest BCUT2D eigenvalue weighted by atomic mass is 10.0. The lowest BCUT2D eigenvalue weighted by molar-refractivity contribution is 0.668. The molecular formula is C41H28N2OS. The van der Waals surface area contributed by atoms with Gasteiger partial charge in [0.25, 0.3) is 0 Å². The number of anilines is 1. The number of hydrogen-bond acceptors (Lipinski definition) is 3. The van der Waals surface area contributed by atoms with Gasteiger partial charge in [-0.2, -0.15) is 0 Å². The van der Waals surface area contributed by atoms with Gasteiger partial charge in [0.05, 0.1) is 11.0 Å². The summed E-state index contributed by atoms with van der Waals surface area (Å²) < 4.78 is 8.73. The Balaban J connectivity index is 1.07. The van der Waals surface area contributed by atoms with Crippen molar-refractivity contribution in [3.63, 3.8) is 0 Å². The van der Waals surface area contributed by atoms with E-state index >= 15 is 0 Å². The number of thioether (sulfide) groups is 1. The van der Waals surface area contributed by atoms with Crippen LogP contribution in [0.1, 0.15) is 5.56 Å². The minimum atomic E-state index is 0.775. The second-order valence-corrected chi connectivity index (χ2v) is 12.5. The molecular weight excluding hydrogens is 569 g/mol. The number of nitrogens with zero attached hydrogens (tertiary/aromatic N) is 1. The summed E-state index contributed by atoms with van der Waals surface area (Å²) in [6.45, 7) is 0. The van der Waals surface area contributed by atoms with Crippen LogP contribution in [0.4, 0.5) is 5.69 Å². The molecule has 0 fully saturated rings. The highest BCUT2D eigenvalue weighted by Crippen LogP contribution is 2.42. The Labute approximate surface area is 264 Å². The van der Waals surface area contributed by atoms with Gasteiger partial charge in [-0.15, -0.1) is 11.8 Å². The third-order valence-corrected chi connectivity index (χ3v) is 10.1. The minimum Gasteiger partial charge on any atom is -0.456 e. The van der Waals surface area contributed by atoms with E-state index in [0.29, 0.717) is 0 Å². The molecule has 45 heavy (non-hydrogen) atoms. The second-order valence-electron chi connectivity index (χ2n) is 11.5. The zero-order chi connectivity index (χ0) is 29.9. The summed E-state index contributed by atoms with van der Waals surface area (Å²) in [6.07, 6.45) is 0. The van der Waals surface area contributed by atoms with Gasteiger partial charge in [0.2, 0.25) is 0 Å². The van der Waals surface area contributed by atoms with Crippen LogP contribution in [-0.4, -0.2) is 4.57 Å². The Morgan fingerprint density at radius 2 is 1.33 bits per heavy atom. The van der Waals surface area contributed by atoms with Gasteiger partial charge in [0.15, 0.2) is 0 Å². The zero-order valence-electron chi connectivity index (χ0n) is 24.4. The quantitative estimate of drug-likeness (QED) is 0.159. The first-order valence-corrected chi connectivity index (χ1v) is 16.1. The van der Waals surface area contributed by atoms with Crippen molar-refractivity contribution in [3.05, 3.63) is 151 Å².